The third kappa shape index (κ3) is 2.64. The summed E-state index contributed by atoms with van der Waals surface area (Å²) in [6.45, 7) is 4.16. The van der Waals surface area contributed by atoms with Crippen LogP contribution in [0.1, 0.15) is 31.9 Å². The number of hydrogen-bond acceptors (Lipinski definition) is 6. The fourth-order valence-electron chi connectivity index (χ4n) is 4.19. The van der Waals surface area contributed by atoms with Crippen LogP contribution in [-0.4, -0.2) is 59.3 Å². The predicted octanol–water partition coefficient (Wildman–Crippen LogP) is 1.56. The topological polar surface area (TPSA) is 91.0 Å². The number of amides is 1. The second kappa shape index (κ2) is 6.57. The zero-order valence-corrected chi connectivity index (χ0v) is 16.1. The van der Waals surface area contributed by atoms with Gasteiger partial charge >= 0.3 is 0 Å². The van der Waals surface area contributed by atoms with Crippen LogP contribution in [0.3, 0.4) is 0 Å². The lowest BCUT2D eigenvalue weighted by molar-refractivity contribution is -0.130. The molecule has 0 spiro atoms. The van der Waals surface area contributed by atoms with Crippen LogP contribution in [0.4, 0.5) is 0 Å². The standard InChI is InChI=1S/C19H23N7O2/c1-3-15(27)25-8-6-12(10-25)28-19-16-18(20-11-21-19)24(2)17(23-16)13-9-22-26-7-4-5-14(13)26/h9,11-12H,3-8,10H2,1-2H3. The lowest BCUT2D eigenvalue weighted by atomic mass is 10.2. The van der Waals surface area contributed by atoms with E-state index in [1.165, 1.54) is 12.0 Å². The smallest absolute Gasteiger partial charge is 0.245 e. The minimum absolute atomic E-state index is 0.0700. The summed E-state index contributed by atoms with van der Waals surface area (Å²) in [5, 5.41) is 4.48. The predicted molar refractivity (Wildman–Crippen MR) is 102 cm³/mol. The largest absolute Gasteiger partial charge is 0.471 e. The van der Waals surface area contributed by atoms with E-state index in [1.54, 1.807) is 0 Å². The molecule has 5 rings (SSSR count). The molecule has 2 aliphatic rings. The normalized spacial score (nSPS) is 18.8. The SMILES string of the molecule is CCC(=O)N1CCC(Oc2ncnc3c2nc(-c2cnn4c2CCC4)n3C)C1. The maximum atomic E-state index is 11.9. The Morgan fingerprint density at radius 1 is 1.32 bits per heavy atom. The van der Waals surface area contributed by atoms with Crippen LogP contribution in [0.2, 0.25) is 0 Å². The first-order chi connectivity index (χ1) is 13.7. The number of fused-ring (bicyclic) bond motifs is 2. The molecular formula is C19H23N7O2. The molecule has 1 amide bonds. The molecule has 1 saturated heterocycles. The summed E-state index contributed by atoms with van der Waals surface area (Å²) in [4.78, 5) is 27.3. The quantitative estimate of drug-likeness (QED) is 0.681. The minimum Gasteiger partial charge on any atom is -0.471 e. The number of carbonyl (C=O) groups excluding carboxylic acids is 1. The number of imidazole rings is 1. The van der Waals surface area contributed by atoms with Crippen molar-refractivity contribution >= 4 is 17.1 Å². The fraction of sp³-hybridized carbons (Fsp3) is 0.526. The summed E-state index contributed by atoms with van der Waals surface area (Å²) in [5.41, 5.74) is 3.65. The second-order valence-corrected chi connectivity index (χ2v) is 7.40. The molecule has 0 aromatic carbocycles. The Morgan fingerprint density at radius 2 is 2.21 bits per heavy atom. The summed E-state index contributed by atoms with van der Waals surface area (Å²) in [6.07, 6.45) is 6.77. The molecule has 28 heavy (non-hydrogen) atoms. The molecule has 2 aliphatic heterocycles. The Bertz CT molecular complexity index is 1050. The fourth-order valence-corrected chi connectivity index (χ4v) is 4.19. The van der Waals surface area contributed by atoms with Crippen LogP contribution in [0, 0.1) is 0 Å². The monoisotopic (exact) mass is 381 g/mol. The van der Waals surface area contributed by atoms with E-state index in [0.717, 1.165) is 49.4 Å². The van der Waals surface area contributed by atoms with Gasteiger partial charge in [-0.3, -0.25) is 9.48 Å². The Morgan fingerprint density at radius 3 is 3.07 bits per heavy atom. The van der Waals surface area contributed by atoms with Gasteiger partial charge in [0.25, 0.3) is 0 Å². The molecule has 0 aliphatic carbocycles. The second-order valence-electron chi connectivity index (χ2n) is 7.40. The molecule has 1 unspecified atom stereocenters. The highest BCUT2D eigenvalue weighted by Crippen LogP contribution is 2.32. The van der Waals surface area contributed by atoms with E-state index in [9.17, 15) is 4.79 Å². The Kier molecular flexibility index (Phi) is 4.03. The summed E-state index contributed by atoms with van der Waals surface area (Å²) in [5.74, 6) is 1.47. The molecule has 1 fully saturated rings. The molecule has 5 heterocycles. The maximum absolute atomic E-state index is 11.9. The lowest BCUT2D eigenvalue weighted by Crippen LogP contribution is -2.30. The van der Waals surface area contributed by atoms with Gasteiger partial charge < -0.3 is 14.2 Å². The highest BCUT2D eigenvalue weighted by molar-refractivity contribution is 5.81. The molecule has 9 nitrogen and oxygen atoms in total. The van der Waals surface area contributed by atoms with E-state index in [4.69, 9.17) is 9.72 Å². The van der Waals surface area contributed by atoms with Gasteiger partial charge in [0.15, 0.2) is 11.2 Å². The van der Waals surface area contributed by atoms with E-state index in [-0.39, 0.29) is 12.0 Å². The third-order valence-corrected chi connectivity index (χ3v) is 5.67. The number of likely N-dealkylation sites (tertiary alicyclic amines) is 1. The van der Waals surface area contributed by atoms with Gasteiger partial charge in [-0.25, -0.2) is 9.97 Å². The van der Waals surface area contributed by atoms with Crippen molar-refractivity contribution in [2.24, 2.45) is 7.05 Å². The first kappa shape index (κ1) is 17.2. The number of aromatic nitrogens is 6. The third-order valence-electron chi connectivity index (χ3n) is 5.67. The summed E-state index contributed by atoms with van der Waals surface area (Å²) < 4.78 is 10.2. The molecular weight excluding hydrogens is 358 g/mol. The number of ether oxygens (including phenoxy) is 1. The molecule has 0 bridgehead atoms. The number of nitrogens with zero attached hydrogens (tertiary/aromatic N) is 7. The van der Waals surface area contributed by atoms with Gasteiger partial charge in [-0.1, -0.05) is 6.92 Å². The van der Waals surface area contributed by atoms with Gasteiger partial charge in [-0.2, -0.15) is 10.1 Å². The van der Waals surface area contributed by atoms with Crippen molar-refractivity contribution in [2.75, 3.05) is 13.1 Å². The summed E-state index contributed by atoms with van der Waals surface area (Å²) in [7, 11) is 1.96. The van der Waals surface area contributed by atoms with Crippen molar-refractivity contribution in [3.05, 3.63) is 18.2 Å². The number of rotatable bonds is 4. The Balaban J connectivity index is 1.47. The molecule has 3 aromatic rings. The molecule has 1 atom stereocenters. The first-order valence-corrected chi connectivity index (χ1v) is 9.82. The highest BCUT2D eigenvalue weighted by Gasteiger charge is 2.29. The molecule has 0 radical (unpaired) electrons. The zero-order valence-electron chi connectivity index (χ0n) is 16.1. The van der Waals surface area contributed by atoms with Crippen molar-refractivity contribution in [3.8, 4) is 17.3 Å². The van der Waals surface area contributed by atoms with Crippen LogP contribution < -0.4 is 4.74 Å². The average Bonchev–Trinajstić information content (AvgIpc) is 3.46. The van der Waals surface area contributed by atoms with E-state index < -0.39 is 0 Å². The van der Waals surface area contributed by atoms with Crippen LogP contribution in [-0.2, 0) is 24.8 Å². The van der Waals surface area contributed by atoms with Crippen molar-refractivity contribution in [2.45, 2.75) is 45.3 Å². The van der Waals surface area contributed by atoms with E-state index in [0.29, 0.717) is 24.4 Å². The molecule has 146 valence electrons. The average molecular weight is 381 g/mol. The summed E-state index contributed by atoms with van der Waals surface area (Å²) in [6, 6.07) is 0. The van der Waals surface area contributed by atoms with Gasteiger partial charge in [-0.15, -0.1) is 0 Å². The van der Waals surface area contributed by atoms with Crippen LogP contribution >= 0.6 is 0 Å². The van der Waals surface area contributed by atoms with E-state index in [2.05, 4.69) is 19.7 Å². The maximum Gasteiger partial charge on any atom is 0.245 e. The van der Waals surface area contributed by atoms with Crippen molar-refractivity contribution in [1.29, 1.82) is 0 Å². The molecule has 9 heteroatoms. The van der Waals surface area contributed by atoms with Gasteiger partial charge in [0, 0.05) is 38.7 Å². The van der Waals surface area contributed by atoms with E-state index >= 15 is 0 Å². The van der Waals surface area contributed by atoms with Gasteiger partial charge in [0.2, 0.25) is 11.8 Å². The molecule has 3 aromatic heterocycles. The van der Waals surface area contributed by atoms with Crippen LogP contribution in [0.15, 0.2) is 12.5 Å². The number of carbonyl (C=O) groups is 1. The summed E-state index contributed by atoms with van der Waals surface area (Å²) >= 11 is 0. The minimum atomic E-state index is -0.0700. The molecule has 0 N–H and O–H groups in total. The van der Waals surface area contributed by atoms with Gasteiger partial charge in [0.05, 0.1) is 18.3 Å². The zero-order chi connectivity index (χ0) is 19.3. The van der Waals surface area contributed by atoms with Gasteiger partial charge in [-0.05, 0) is 12.8 Å². The van der Waals surface area contributed by atoms with Crippen LogP contribution in [0.5, 0.6) is 5.88 Å². The van der Waals surface area contributed by atoms with Crippen molar-refractivity contribution < 1.29 is 9.53 Å². The highest BCUT2D eigenvalue weighted by atomic mass is 16.5. The Labute approximate surface area is 162 Å². The first-order valence-electron chi connectivity index (χ1n) is 9.82. The van der Waals surface area contributed by atoms with Crippen molar-refractivity contribution in [3.63, 3.8) is 0 Å². The van der Waals surface area contributed by atoms with Crippen molar-refractivity contribution in [1.82, 2.24) is 34.2 Å². The number of hydrogen-bond donors (Lipinski definition) is 0. The molecule has 0 saturated carbocycles. The van der Waals surface area contributed by atoms with Gasteiger partial charge in [0.1, 0.15) is 18.3 Å². The van der Waals surface area contributed by atoms with E-state index in [1.807, 2.05) is 29.6 Å². The Hall–Kier alpha value is -2.97. The lowest BCUT2D eigenvalue weighted by Gasteiger charge is -2.16. The van der Waals surface area contributed by atoms with Crippen LogP contribution in [0.25, 0.3) is 22.6 Å². The number of aryl methyl sites for hydroxylation is 2.